The van der Waals surface area contributed by atoms with Crippen molar-refractivity contribution in [3.8, 4) is 0 Å². The van der Waals surface area contributed by atoms with Crippen LogP contribution in [0, 0.1) is 5.92 Å². The van der Waals surface area contributed by atoms with Gasteiger partial charge in [-0.1, -0.05) is 12.1 Å². The molecule has 0 unspecified atom stereocenters. The van der Waals surface area contributed by atoms with Gasteiger partial charge in [-0.3, -0.25) is 9.59 Å². The summed E-state index contributed by atoms with van der Waals surface area (Å²) in [6.45, 7) is 3.36. The number of likely N-dealkylation sites (tertiary alicyclic amines) is 1. The molecule has 0 aliphatic carbocycles. The van der Waals surface area contributed by atoms with Crippen LogP contribution in [0.2, 0.25) is 0 Å². The Morgan fingerprint density at radius 3 is 2.86 bits per heavy atom. The van der Waals surface area contributed by atoms with Crippen molar-refractivity contribution in [2.75, 3.05) is 26.0 Å². The predicted octanol–water partition coefficient (Wildman–Crippen LogP) is 2.82. The van der Waals surface area contributed by atoms with Gasteiger partial charge in [0, 0.05) is 18.0 Å². The number of carbonyl (C=O) groups excluding carboxylic acids is 2. The lowest BCUT2D eigenvalue weighted by atomic mass is 9.97. The van der Waals surface area contributed by atoms with Crippen LogP contribution in [0.25, 0.3) is 0 Å². The summed E-state index contributed by atoms with van der Waals surface area (Å²) in [6.07, 6.45) is 3.60. The first kappa shape index (κ1) is 15.9. The quantitative estimate of drug-likeness (QED) is 0.634. The second-order valence-electron chi connectivity index (χ2n) is 5.04. The molecular formula is C16H21NO3S. The van der Waals surface area contributed by atoms with Gasteiger partial charge < -0.3 is 9.64 Å². The van der Waals surface area contributed by atoms with E-state index in [-0.39, 0.29) is 17.8 Å². The second kappa shape index (κ2) is 7.50. The van der Waals surface area contributed by atoms with Gasteiger partial charge in [-0.25, -0.2) is 0 Å². The number of nitrogens with zero attached hydrogens (tertiary/aromatic N) is 1. The van der Waals surface area contributed by atoms with Crippen LogP contribution in [0.4, 0.5) is 0 Å². The molecule has 1 aromatic carbocycles. The Morgan fingerprint density at radius 2 is 2.14 bits per heavy atom. The monoisotopic (exact) mass is 307 g/mol. The molecule has 0 saturated carbocycles. The lowest BCUT2D eigenvalue weighted by molar-refractivity contribution is -0.149. The van der Waals surface area contributed by atoms with Gasteiger partial charge in [0.1, 0.15) is 0 Å². The number of hydrogen-bond acceptors (Lipinski definition) is 4. The summed E-state index contributed by atoms with van der Waals surface area (Å²) in [5.41, 5.74) is 0.717. The molecular weight excluding hydrogens is 286 g/mol. The maximum Gasteiger partial charge on any atom is 0.310 e. The molecule has 0 spiro atoms. The van der Waals surface area contributed by atoms with Gasteiger partial charge in [-0.05, 0) is 38.2 Å². The predicted molar refractivity (Wildman–Crippen MR) is 83.5 cm³/mol. The number of carbonyl (C=O) groups is 2. The highest BCUT2D eigenvalue weighted by Gasteiger charge is 2.30. The van der Waals surface area contributed by atoms with E-state index in [4.69, 9.17) is 4.74 Å². The fourth-order valence-corrected chi connectivity index (χ4v) is 3.20. The normalized spacial score (nSPS) is 18.4. The van der Waals surface area contributed by atoms with E-state index in [0.717, 1.165) is 23.3 Å². The standard InChI is InChI=1S/C16H21NO3S/c1-3-20-16(19)12-7-6-10-17(11-12)15(18)13-8-4-5-9-14(13)21-2/h4-5,8-9,12H,3,6-7,10-11H2,1-2H3/t12-/m1/s1. The zero-order valence-corrected chi connectivity index (χ0v) is 13.3. The molecule has 5 heteroatoms. The summed E-state index contributed by atoms with van der Waals surface area (Å²) in [6, 6.07) is 7.60. The molecule has 1 heterocycles. The van der Waals surface area contributed by atoms with Gasteiger partial charge in [-0.2, -0.15) is 0 Å². The fraction of sp³-hybridized carbons (Fsp3) is 0.500. The first-order chi connectivity index (χ1) is 10.2. The molecule has 0 N–H and O–H groups in total. The van der Waals surface area contributed by atoms with Crippen molar-refractivity contribution in [2.24, 2.45) is 5.92 Å². The summed E-state index contributed by atoms with van der Waals surface area (Å²) >= 11 is 1.56. The van der Waals surface area contributed by atoms with E-state index in [2.05, 4.69) is 0 Å². The van der Waals surface area contributed by atoms with Crippen molar-refractivity contribution < 1.29 is 14.3 Å². The second-order valence-corrected chi connectivity index (χ2v) is 5.89. The number of rotatable bonds is 4. The summed E-state index contributed by atoms with van der Waals surface area (Å²) in [5, 5.41) is 0. The first-order valence-electron chi connectivity index (χ1n) is 7.26. The smallest absolute Gasteiger partial charge is 0.310 e. The van der Waals surface area contributed by atoms with Gasteiger partial charge in [0.25, 0.3) is 5.91 Å². The number of amides is 1. The number of piperidine rings is 1. The van der Waals surface area contributed by atoms with Gasteiger partial charge in [0.05, 0.1) is 18.1 Å². The molecule has 0 aromatic heterocycles. The minimum atomic E-state index is -0.191. The van der Waals surface area contributed by atoms with E-state index in [1.54, 1.807) is 23.6 Å². The average Bonchev–Trinajstić information content (AvgIpc) is 2.54. The van der Waals surface area contributed by atoms with Gasteiger partial charge in [0.2, 0.25) is 0 Å². The molecule has 1 saturated heterocycles. The van der Waals surface area contributed by atoms with E-state index in [9.17, 15) is 9.59 Å². The Hall–Kier alpha value is -1.49. The SMILES string of the molecule is CCOC(=O)[C@@H]1CCCN(C(=O)c2ccccc2SC)C1. The number of ether oxygens (including phenoxy) is 1. The number of esters is 1. The maximum absolute atomic E-state index is 12.7. The molecule has 1 aliphatic heterocycles. The molecule has 1 fully saturated rings. The molecule has 1 aliphatic rings. The largest absolute Gasteiger partial charge is 0.466 e. The molecule has 4 nitrogen and oxygen atoms in total. The van der Waals surface area contributed by atoms with Crippen molar-refractivity contribution in [3.05, 3.63) is 29.8 Å². The van der Waals surface area contributed by atoms with Crippen LogP contribution >= 0.6 is 11.8 Å². The third-order valence-corrected chi connectivity index (χ3v) is 4.46. The van der Waals surface area contributed by atoms with Gasteiger partial charge in [-0.15, -0.1) is 11.8 Å². The van der Waals surface area contributed by atoms with Crippen LogP contribution in [0.15, 0.2) is 29.2 Å². The lowest BCUT2D eigenvalue weighted by Gasteiger charge is -2.32. The zero-order valence-electron chi connectivity index (χ0n) is 12.5. The molecule has 21 heavy (non-hydrogen) atoms. The van der Waals surface area contributed by atoms with E-state index in [0.29, 0.717) is 19.7 Å². The van der Waals surface area contributed by atoms with Crippen molar-refractivity contribution in [3.63, 3.8) is 0 Å². The summed E-state index contributed by atoms with van der Waals surface area (Å²) < 4.78 is 5.08. The highest BCUT2D eigenvalue weighted by molar-refractivity contribution is 7.98. The van der Waals surface area contributed by atoms with Crippen LogP contribution in [-0.4, -0.2) is 42.7 Å². The maximum atomic E-state index is 12.7. The van der Waals surface area contributed by atoms with E-state index < -0.39 is 0 Å². The molecule has 114 valence electrons. The Morgan fingerprint density at radius 1 is 1.38 bits per heavy atom. The van der Waals surface area contributed by atoms with Gasteiger partial charge >= 0.3 is 5.97 Å². The van der Waals surface area contributed by atoms with Crippen LogP contribution in [0.3, 0.4) is 0 Å². The molecule has 1 atom stereocenters. The van der Waals surface area contributed by atoms with Crippen molar-refractivity contribution >= 4 is 23.6 Å². The summed E-state index contributed by atoms with van der Waals surface area (Å²) in [5.74, 6) is -0.369. The van der Waals surface area contributed by atoms with Crippen LogP contribution < -0.4 is 0 Å². The summed E-state index contributed by atoms with van der Waals surface area (Å²) in [7, 11) is 0. The third-order valence-electron chi connectivity index (χ3n) is 3.67. The Balaban J connectivity index is 2.10. The molecule has 0 bridgehead atoms. The van der Waals surface area contributed by atoms with E-state index >= 15 is 0 Å². The molecule has 0 radical (unpaired) electrons. The highest BCUT2D eigenvalue weighted by atomic mass is 32.2. The first-order valence-corrected chi connectivity index (χ1v) is 8.48. The third kappa shape index (κ3) is 3.79. The van der Waals surface area contributed by atoms with Crippen LogP contribution in [0.5, 0.6) is 0 Å². The number of thioether (sulfide) groups is 1. The Bertz CT molecular complexity index is 518. The summed E-state index contributed by atoms with van der Waals surface area (Å²) in [4.78, 5) is 27.3. The number of benzene rings is 1. The van der Waals surface area contributed by atoms with Crippen molar-refractivity contribution in [1.29, 1.82) is 0 Å². The van der Waals surface area contributed by atoms with Crippen molar-refractivity contribution in [2.45, 2.75) is 24.7 Å². The average molecular weight is 307 g/mol. The molecule has 2 rings (SSSR count). The minimum absolute atomic E-state index is 0.00829. The number of hydrogen-bond donors (Lipinski definition) is 0. The zero-order chi connectivity index (χ0) is 15.2. The molecule has 1 aromatic rings. The highest BCUT2D eigenvalue weighted by Crippen LogP contribution is 2.24. The topological polar surface area (TPSA) is 46.6 Å². The van der Waals surface area contributed by atoms with Crippen LogP contribution in [0.1, 0.15) is 30.1 Å². The fourth-order valence-electron chi connectivity index (χ4n) is 2.61. The Labute approximate surface area is 129 Å². The molecule has 1 amide bonds. The Kier molecular flexibility index (Phi) is 5.67. The van der Waals surface area contributed by atoms with Crippen LogP contribution in [-0.2, 0) is 9.53 Å². The van der Waals surface area contributed by atoms with Gasteiger partial charge in [0.15, 0.2) is 0 Å². The van der Waals surface area contributed by atoms with E-state index in [1.165, 1.54) is 0 Å². The lowest BCUT2D eigenvalue weighted by Crippen LogP contribution is -2.43. The van der Waals surface area contributed by atoms with E-state index in [1.807, 2.05) is 30.5 Å². The van der Waals surface area contributed by atoms with Crippen molar-refractivity contribution in [1.82, 2.24) is 4.90 Å². The minimum Gasteiger partial charge on any atom is -0.466 e.